The summed E-state index contributed by atoms with van der Waals surface area (Å²) in [6, 6.07) is 30.0. The van der Waals surface area contributed by atoms with Crippen LogP contribution >= 0.6 is 22.9 Å². The van der Waals surface area contributed by atoms with E-state index >= 15 is 0 Å². The molecule has 1 saturated heterocycles. The molecule has 0 radical (unpaired) electrons. The zero-order chi connectivity index (χ0) is 72.8. The number of carbonyl (C=O) groups is 10. The Morgan fingerprint density at radius 2 is 1.40 bits per heavy atom. The van der Waals surface area contributed by atoms with Gasteiger partial charge in [0.05, 0.1) is 16.9 Å². The number of aromatic amines is 2. The third-order valence-electron chi connectivity index (χ3n) is 18.4. The van der Waals surface area contributed by atoms with Gasteiger partial charge in [-0.3, -0.25) is 48.2 Å². The normalized spacial score (nSPS) is 14.8. The van der Waals surface area contributed by atoms with Crippen LogP contribution in [0.1, 0.15) is 108 Å². The average Bonchev–Trinajstić information content (AvgIpc) is 1.58. The number of thiophene rings is 1. The minimum absolute atomic E-state index is 0.0381. The van der Waals surface area contributed by atoms with Gasteiger partial charge >= 0.3 is 12.2 Å². The first kappa shape index (κ1) is 73.6. The molecule has 0 unspecified atom stereocenters. The predicted octanol–water partition coefficient (Wildman–Crippen LogP) is 10.4. The van der Waals surface area contributed by atoms with Crippen LogP contribution in [-0.2, 0) is 46.5 Å². The predicted molar refractivity (Wildman–Crippen MR) is 395 cm³/mol. The van der Waals surface area contributed by atoms with E-state index in [9.17, 15) is 47.9 Å². The van der Waals surface area contributed by atoms with Crippen molar-refractivity contribution in [1.82, 2.24) is 45.5 Å². The van der Waals surface area contributed by atoms with Gasteiger partial charge < -0.3 is 65.5 Å². The van der Waals surface area contributed by atoms with E-state index in [2.05, 4.69) is 41.5 Å². The van der Waals surface area contributed by atoms with Crippen molar-refractivity contribution in [3.63, 3.8) is 0 Å². The van der Waals surface area contributed by atoms with E-state index in [1.807, 2.05) is 74.7 Å². The second-order valence-electron chi connectivity index (χ2n) is 26.7. The topological polar surface area (TPSA) is 306 Å². The Kier molecular flexibility index (Phi) is 24.3. The van der Waals surface area contributed by atoms with E-state index in [-0.39, 0.29) is 105 Å². The molecule has 0 spiro atoms. The van der Waals surface area contributed by atoms with Crippen molar-refractivity contribution in [2.75, 3.05) is 94.5 Å². The summed E-state index contributed by atoms with van der Waals surface area (Å²) in [5, 5.41) is 18.4. The van der Waals surface area contributed by atoms with E-state index in [0.717, 1.165) is 68.0 Å². The number of nitrogens with zero attached hydrogens (tertiary/aromatic N) is 5. The molecule has 1 fully saturated rings. The average molecular weight is 1440 g/mol. The molecular formula is C76H85ClN12O13S. The fraction of sp³-hybridized carbons (Fsp3) is 0.368. The Bertz CT molecular complexity index is 4490. The largest absolute Gasteiger partial charge is 0.492 e. The maximum Gasteiger partial charge on any atom is 0.415 e. The van der Waals surface area contributed by atoms with Crippen LogP contribution in [0.2, 0.25) is 0 Å². The number of hydrogen-bond acceptors (Lipinski definition) is 15. The maximum absolute atomic E-state index is 14.7. The second-order valence-corrected chi connectivity index (χ2v) is 27.9. The van der Waals surface area contributed by atoms with Crippen LogP contribution in [-0.4, -0.2) is 180 Å². The first-order valence-electron chi connectivity index (χ1n) is 34.6. The van der Waals surface area contributed by atoms with E-state index < -0.39 is 48.5 Å². The maximum atomic E-state index is 14.7. The van der Waals surface area contributed by atoms with Gasteiger partial charge in [-0.15, -0.1) is 22.9 Å². The van der Waals surface area contributed by atoms with E-state index in [1.165, 1.54) is 53.2 Å². The second kappa shape index (κ2) is 33.9. The zero-order valence-corrected chi connectivity index (χ0v) is 59.8. The summed E-state index contributed by atoms with van der Waals surface area (Å²) in [4.78, 5) is 147. The molecule has 6 heterocycles. The number of fused-ring (bicyclic) bond motifs is 5. The number of anilines is 3. The highest BCUT2D eigenvalue weighted by atomic mass is 35.5. The number of imide groups is 1. The van der Waals surface area contributed by atoms with Crippen molar-refractivity contribution >= 4 is 131 Å². The third-order valence-corrected chi connectivity index (χ3v) is 19.9. The molecule has 7 N–H and O–H groups in total. The highest BCUT2D eigenvalue weighted by Gasteiger charge is 2.38. The van der Waals surface area contributed by atoms with Gasteiger partial charge in [-0.25, -0.2) is 9.59 Å². The molecule has 103 heavy (non-hydrogen) atoms. The number of likely N-dealkylation sites (tertiary alicyclic amines) is 1. The number of aromatic nitrogens is 2. The SMILES string of the molecule is Cc1csc2c(OC(=O)N(C)CCN(C)C(=O)OCc3ccc(NC(=O)CNC(=O)[C@H](CC(C)C)NC(=O)[C@H](Cc4ccccc4)NC(=O)CCCCCN4C(=O)C=CC4=O)cc3)cc3c(c12)[C@H](CCl)CN3C(=O)c1cc2cc(NC(=O)c3cc4cc(OCCN5CCCC5)ccc4[nH]3)ccc2[nH]1. The number of amides is 10. The van der Waals surface area contributed by atoms with Crippen molar-refractivity contribution in [3.05, 3.63) is 160 Å². The molecular weight excluding hydrogens is 1360 g/mol. The number of unbranched alkanes of at least 4 members (excludes halogenated alkanes) is 2. The standard InChI is InChI=1S/C76H85ClN12O13S/c1-46(2)34-58(84-73(96)59(35-48-14-8-6-9-15-48)83-64(90)16-10-7-11-29-88-66(92)25-26-67(88)93)71(94)78-42-65(91)79-53-19-17-49(18-20-53)44-101-75(98)85(4)30-31-86(5)76(99)102-63-40-62-69(68-47(3)45-103-70(63)68)52(41-77)43-89(62)74(97)61-39-50-36-54(21-23-56(50)82-61)80-72(95)60-38-51-37-55(22-24-57(51)81-60)100-33-32-87-27-12-13-28-87/h6,8-9,14-15,17-26,36-40,45-46,52,58-59,81-82H,7,10-13,16,27-35,41-44H2,1-5H3,(H,78,94)(H,79,91)(H,80,95)(H,83,90)(H,84,96)/t52-,58+,59+/m1/s1. The lowest BCUT2D eigenvalue weighted by Gasteiger charge is -2.24. The van der Waals surface area contributed by atoms with Crippen LogP contribution in [0.4, 0.5) is 26.7 Å². The van der Waals surface area contributed by atoms with E-state index in [4.69, 9.17) is 25.8 Å². The van der Waals surface area contributed by atoms with Crippen LogP contribution in [0.15, 0.2) is 127 Å². The molecule has 25 nitrogen and oxygen atoms in total. The van der Waals surface area contributed by atoms with Crippen LogP contribution in [0, 0.1) is 12.8 Å². The van der Waals surface area contributed by atoms with E-state index in [0.29, 0.717) is 70.8 Å². The first-order valence-corrected chi connectivity index (χ1v) is 36.1. The van der Waals surface area contributed by atoms with Crippen molar-refractivity contribution in [1.29, 1.82) is 0 Å². The molecule has 3 aliphatic rings. The molecule has 5 aromatic carbocycles. The molecule has 0 bridgehead atoms. The van der Waals surface area contributed by atoms with Gasteiger partial charge in [-0.1, -0.05) is 62.7 Å². The van der Waals surface area contributed by atoms with Gasteiger partial charge in [0.1, 0.15) is 42.4 Å². The van der Waals surface area contributed by atoms with Crippen molar-refractivity contribution in [2.45, 2.75) is 96.7 Å². The lowest BCUT2D eigenvalue weighted by atomic mass is 9.97. The van der Waals surface area contributed by atoms with E-state index in [1.54, 1.807) is 72.6 Å². The Balaban J connectivity index is 0.630. The summed E-state index contributed by atoms with van der Waals surface area (Å²) >= 11 is 8.07. The van der Waals surface area contributed by atoms with Gasteiger partial charge in [-0.2, -0.15) is 0 Å². The van der Waals surface area contributed by atoms with Crippen LogP contribution < -0.4 is 41.0 Å². The lowest BCUT2D eigenvalue weighted by molar-refractivity contribution is -0.137. The van der Waals surface area contributed by atoms with Gasteiger partial charge in [0.15, 0.2) is 5.75 Å². The summed E-state index contributed by atoms with van der Waals surface area (Å²) in [5.74, 6) is -2.49. The van der Waals surface area contributed by atoms with Crippen molar-refractivity contribution < 1.29 is 62.2 Å². The Morgan fingerprint density at radius 3 is 2.13 bits per heavy atom. The third kappa shape index (κ3) is 18.8. The number of likely N-dealkylation sites (N-methyl/N-ethyl adjacent to an activating group) is 2. The lowest BCUT2D eigenvalue weighted by Crippen LogP contribution is -2.55. The molecule has 11 rings (SSSR count). The number of alkyl halides is 1. The monoisotopic (exact) mass is 1440 g/mol. The molecule has 10 amide bonds. The number of aryl methyl sites for hydroxylation is 1. The molecule has 540 valence electrons. The zero-order valence-electron chi connectivity index (χ0n) is 58.2. The minimum Gasteiger partial charge on any atom is -0.492 e. The number of hydrogen-bond donors (Lipinski definition) is 7. The smallest absolute Gasteiger partial charge is 0.415 e. The summed E-state index contributed by atoms with van der Waals surface area (Å²) in [7, 11) is 3.09. The summed E-state index contributed by atoms with van der Waals surface area (Å²) < 4.78 is 18.5. The highest BCUT2D eigenvalue weighted by molar-refractivity contribution is 7.17. The summed E-state index contributed by atoms with van der Waals surface area (Å²) in [6.07, 6.45) is 5.58. The first-order chi connectivity index (χ1) is 49.6. The number of halogens is 1. The number of benzene rings is 5. The van der Waals surface area contributed by atoms with Gasteiger partial charge in [0.2, 0.25) is 23.6 Å². The summed E-state index contributed by atoms with van der Waals surface area (Å²) in [6.45, 7) is 9.56. The number of carbonyl (C=O) groups excluding carboxylic acids is 10. The minimum atomic E-state index is -1.03. The van der Waals surface area contributed by atoms with Gasteiger partial charge in [0.25, 0.3) is 23.6 Å². The quantitative estimate of drug-likeness (QED) is 0.0121. The van der Waals surface area contributed by atoms with Crippen molar-refractivity contribution in [3.8, 4) is 11.5 Å². The molecule has 8 aromatic rings. The highest BCUT2D eigenvalue weighted by Crippen LogP contribution is 2.49. The molecule has 3 aromatic heterocycles. The molecule has 3 atom stereocenters. The van der Waals surface area contributed by atoms with Crippen LogP contribution in [0.5, 0.6) is 11.5 Å². The van der Waals surface area contributed by atoms with Crippen LogP contribution in [0.25, 0.3) is 31.9 Å². The number of rotatable bonds is 31. The number of ether oxygens (including phenoxy) is 3. The summed E-state index contributed by atoms with van der Waals surface area (Å²) in [5.41, 5.74) is 6.89. The van der Waals surface area contributed by atoms with Gasteiger partial charge in [0, 0.05) is 128 Å². The Hall–Kier alpha value is -10.6. The van der Waals surface area contributed by atoms with Crippen molar-refractivity contribution in [2.24, 2.45) is 5.92 Å². The Labute approximate surface area is 604 Å². The van der Waals surface area contributed by atoms with Gasteiger partial charge in [-0.05, 0) is 146 Å². The molecule has 0 aliphatic carbocycles. The molecule has 3 aliphatic heterocycles. The Morgan fingerprint density at radius 1 is 0.709 bits per heavy atom. The molecule has 27 heteroatoms. The molecule has 0 saturated carbocycles. The number of nitrogens with one attached hydrogen (secondary N) is 7. The fourth-order valence-electron chi connectivity index (χ4n) is 12.9. The van der Waals surface area contributed by atoms with Crippen LogP contribution in [0.3, 0.4) is 0 Å². The fourth-order valence-corrected chi connectivity index (χ4v) is 14.1. The number of H-pyrrole nitrogens is 2.